The van der Waals surface area contributed by atoms with Crippen molar-refractivity contribution in [2.75, 3.05) is 0 Å². The lowest BCUT2D eigenvalue weighted by atomic mass is 9.98. The Morgan fingerprint density at radius 2 is 1.85 bits per heavy atom. The van der Waals surface area contributed by atoms with E-state index in [4.69, 9.17) is 22.5 Å². The molecule has 3 aromatic carbocycles. The largest absolute Gasteiger partial charge is 0.377 e. The minimum Gasteiger partial charge on any atom is -0.377 e. The Morgan fingerprint density at radius 3 is 2.54 bits per heavy atom. The molecule has 0 saturated carbocycles. The standard InChI is InChI=1S/C17H13ClFN3O2S2/c18-16-9-11(19)4-6-15(16)14-3-1-2-10-8-12(5-7-13(10)14)26(23,24)22-17(20)25-21/h1-9H,21H2,(H2,20,22). The van der Waals surface area contributed by atoms with Gasteiger partial charge in [0, 0.05) is 5.56 Å². The van der Waals surface area contributed by atoms with Crippen molar-refractivity contribution in [2.45, 2.75) is 4.90 Å². The summed E-state index contributed by atoms with van der Waals surface area (Å²) in [5, 5.41) is 6.66. The van der Waals surface area contributed by atoms with Crippen LogP contribution in [-0.4, -0.2) is 13.6 Å². The van der Waals surface area contributed by atoms with E-state index in [0.29, 0.717) is 22.9 Å². The maximum Gasteiger partial charge on any atom is 0.284 e. The van der Waals surface area contributed by atoms with Crippen molar-refractivity contribution < 1.29 is 12.8 Å². The molecule has 26 heavy (non-hydrogen) atoms. The van der Waals surface area contributed by atoms with Crippen molar-refractivity contribution in [1.82, 2.24) is 0 Å². The molecule has 0 saturated heterocycles. The summed E-state index contributed by atoms with van der Waals surface area (Å²) in [4.78, 5) is -0.00986. The number of nitrogens with two attached hydrogens (primary N) is 2. The maximum absolute atomic E-state index is 13.3. The molecule has 0 radical (unpaired) electrons. The Labute approximate surface area is 159 Å². The first kappa shape index (κ1) is 18.7. The lowest BCUT2D eigenvalue weighted by molar-refractivity contribution is 0.598. The summed E-state index contributed by atoms with van der Waals surface area (Å²) in [6.45, 7) is 0. The third-order valence-electron chi connectivity index (χ3n) is 3.70. The number of amidine groups is 1. The van der Waals surface area contributed by atoms with Crippen LogP contribution in [0.25, 0.3) is 21.9 Å². The van der Waals surface area contributed by atoms with Crippen molar-refractivity contribution in [1.29, 1.82) is 0 Å². The van der Waals surface area contributed by atoms with E-state index in [2.05, 4.69) is 4.40 Å². The van der Waals surface area contributed by atoms with Crippen LogP contribution in [0.3, 0.4) is 0 Å². The van der Waals surface area contributed by atoms with Crippen molar-refractivity contribution in [3.63, 3.8) is 0 Å². The molecule has 0 atom stereocenters. The smallest absolute Gasteiger partial charge is 0.284 e. The van der Waals surface area contributed by atoms with Gasteiger partial charge in [-0.05, 0) is 58.6 Å². The molecule has 5 nitrogen and oxygen atoms in total. The first-order valence-corrected chi connectivity index (χ1v) is 9.97. The fourth-order valence-electron chi connectivity index (χ4n) is 2.56. The zero-order valence-corrected chi connectivity index (χ0v) is 15.6. The Balaban J connectivity index is 2.17. The number of hydrogen-bond acceptors (Lipinski definition) is 4. The predicted molar refractivity (Wildman–Crippen MR) is 105 cm³/mol. The van der Waals surface area contributed by atoms with E-state index in [-0.39, 0.29) is 15.1 Å². The third kappa shape index (κ3) is 3.68. The van der Waals surface area contributed by atoms with Gasteiger partial charge in [-0.3, -0.25) is 5.14 Å². The summed E-state index contributed by atoms with van der Waals surface area (Å²) < 4.78 is 41.3. The van der Waals surface area contributed by atoms with E-state index < -0.39 is 15.8 Å². The summed E-state index contributed by atoms with van der Waals surface area (Å²) >= 11 is 6.72. The van der Waals surface area contributed by atoms with Crippen LogP contribution >= 0.6 is 23.5 Å². The number of sulfonamides is 1. The van der Waals surface area contributed by atoms with Gasteiger partial charge in [0.2, 0.25) is 0 Å². The monoisotopic (exact) mass is 409 g/mol. The topological polar surface area (TPSA) is 98.5 Å². The summed E-state index contributed by atoms with van der Waals surface area (Å²) in [5.41, 5.74) is 6.81. The van der Waals surface area contributed by atoms with Crippen LogP contribution in [0.2, 0.25) is 5.02 Å². The van der Waals surface area contributed by atoms with Gasteiger partial charge in [-0.25, -0.2) is 4.39 Å². The Bertz CT molecular complexity index is 1130. The molecule has 3 aromatic rings. The normalized spacial score (nSPS) is 12.5. The summed E-state index contributed by atoms with van der Waals surface area (Å²) in [5.74, 6) is -0.430. The molecule has 0 fully saturated rings. The maximum atomic E-state index is 13.3. The van der Waals surface area contributed by atoms with E-state index in [1.54, 1.807) is 24.3 Å². The highest BCUT2D eigenvalue weighted by Crippen LogP contribution is 2.34. The number of rotatable bonds is 3. The number of benzene rings is 3. The summed E-state index contributed by atoms with van der Waals surface area (Å²) in [6.07, 6.45) is 0. The van der Waals surface area contributed by atoms with Crippen molar-refractivity contribution in [3.05, 3.63) is 65.4 Å². The second-order valence-corrected chi connectivity index (χ2v) is 8.00. The molecule has 9 heteroatoms. The molecule has 0 aliphatic carbocycles. The highest BCUT2D eigenvalue weighted by atomic mass is 35.5. The van der Waals surface area contributed by atoms with Gasteiger partial charge in [0.1, 0.15) is 5.82 Å². The SMILES string of the molecule is NSC(N)=NS(=O)(=O)c1ccc2c(-c3ccc(F)cc3Cl)cccc2c1. The molecule has 0 aliphatic heterocycles. The Kier molecular flexibility index (Phi) is 5.19. The summed E-state index contributed by atoms with van der Waals surface area (Å²) in [7, 11) is -3.97. The Morgan fingerprint density at radius 1 is 1.08 bits per heavy atom. The third-order valence-corrected chi connectivity index (χ3v) is 5.75. The first-order chi connectivity index (χ1) is 12.3. The molecule has 134 valence electrons. The fourth-order valence-corrected chi connectivity index (χ4v) is 4.15. The van der Waals surface area contributed by atoms with Crippen LogP contribution in [0.15, 0.2) is 63.9 Å². The molecule has 0 amide bonds. The molecule has 0 bridgehead atoms. The van der Waals surface area contributed by atoms with Crippen molar-refractivity contribution in [2.24, 2.45) is 15.3 Å². The number of hydrogen-bond donors (Lipinski definition) is 2. The van der Waals surface area contributed by atoms with Crippen molar-refractivity contribution >= 4 is 49.5 Å². The Hall–Kier alpha value is -2.13. The minimum absolute atomic E-state index is 0.00986. The average molecular weight is 410 g/mol. The predicted octanol–water partition coefficient (Wildman–Crippen LogP) is 3.91. The van der Waals surface area contributed by atoms with E-state index >= 15 is 0 Å². The minimum atomic E-state index is -3.97. The first-order valence-electron chi connectivity index (χ1n) is 7.27. The number of fused-ring (bicyclic) bond motifs is 1. The van der Waals surface area contributed by atoms with E-state index in [1.807, 2.05) is 6.07 Å². The van der Waals surface area contributed by atoms with Crippen LogP contribution in [0.5, 0.6) is 0 Å². The highest BCUT2D eigenvalue weighted by Gasteiger charge is 2.16. The van der Waals surface area contributed by atoms with Gasteiger partial charge >= 0.3 is 0 Å². The molecular formula is C17H13ClFN3O2S2. The average Bonchev–Trinajstić information content (AvgIpc) is 2.60. The molecule has 0 heterocycles. The molecule has 0 aliphatic rings. The second-order valence-electron chi connectivity index (χ2n) is 5.34. The number of nitrogens with zero attached hydrogens (tertiary/aromatic N) is 1. The van der Waals surface area contributed by atoms with Crippen LogP contribution in [0.4, 0.5) is 4.39 Å². The van der Waals surface area contributed by atoms with Gasteiger partial charge in [0.05, 0.1) is 9.92 Å². The second kappa shape index (κ2) is 7.24. The van der Waals surface area contributed by atoms with Gasteiger partial charge < -0.3 is 5.73 Å². The van der Waals surface area contributed by atoms with Gasteiger partial charge in [-0.15, -0.1) is 4.40 Å². The quantitative estimate of drug-likeness (QED) is 0.388. The van der Waals surface area contributed by atoms with Crippen LogP contribution < -0.4 is 10.9 Å². The molecule has 0 unspecified atom stereocenters. The van der Waals surface area contributed by atoms with Crippen LogP contribution in [0.1, 0.15) is 0 Å². The van der Waals surface area contributed by atoms with E-state index in [0.717, 1.165) is 10.9 Å². The van der Waals surface area contributed by atoms with Gasteiger partial charge in [-0.1, -0.05) is 35.9 Å². The van der Waals surface area contributed by atoms with Crippen LogP contribution in [0, 0.1) is 5.82 Å². The fraction of sp³-hybridized carbons (Fsp3) is 0. The highest BCUT2D eigenvalue weighted by molar-refractivity contribution is 8.12. The zero-order chi connectivity index (χ0) is 18.9. The lowest BCUT2D eigenvalue weighted by Crippen LogP contribution is -2.12. The van der Waals surface area contributed by atoms with Gasteiger partial charge in [0.15, 0.2) is 5.17 Å². The summed E-state index contributed by atoms with van der Waals surface area (Å²) in [6, 6.07) is 14.1. The lowest BCUT2D eigenvalue weighted by Gasteiger charge is -2.10. The van der Waals surface area contributed by atoms with E-state index in [1.165, 1.54) is 24.3 Å². The molecule has 0 aromatic heterocycles. The molecular weight excluding hydrogens is 397 g/mol. The molecule has 4 N–H and O–H groups in total. The molecule has 0 spiro atoms. The number of halogens is 2. The van der Waals surface area contributed by atoms with Crippen LogP contribution in [-0.2, 0) is 10.0 Å². The molecule has 3 rings (SSSR count). The van der Waals surface area contributed by atoms with Crippen molar-refractivity contribution in [3.8, 4) is 11.1 Å². The van der Waals surface area contributed by atoms with E-state index in [9.17, 15) is 12.8 Å². The zero-order valence-electron chi connectivity index (χ0n) is 13.2. The van der Waals surface area contributed by atoms with Gasteiger partial charge in [-0.2, -0.15) is 8.42 Å². The van der Waals surface area contributed by atoms with Gasteiger partial charge in [0.25, 0.3) is 10.0 Å².